The lowest BCUT2D eigenvalue weighted by atomic mass is 10.1. The topological polar surface area (TPSA) is 91.4 Å². The van der Waals surface area contributed by atoms with Crippen LogP contribution in [0, 0.1) is 6.92 Å². The summed E-state index contributed by atoms with van der Waals surface area (Å²) in [7, 11) is -2.49. The zero-order valence-corrected chi connectivity index (χ0v) is 15.4. The minimum absolute atomic E-state index is 0.184. The van der Waals surface area contributed by atoms with Gasteiger partial charge in [0.2, 0.25) is 0 Å². The SMILES string of the molecule is COC(=O)C(N)Cc1cn(S(=O)(=O)c2ccc(C)cc2)c2ccccc12. The number of nitrogens with two attached hydrogens (primary N) is 1. The number of rotatable bonds is 5. The van der Waals surface area contributed by atoms with Crippen LogP contribution in [0.15, 0.2) is 59.6 Å². The molecule has 0 radical (unpaired) electrons. The lowest BCUT2D eigenvalue weighted by molar-refractivity contribution is -0.142. The van der Waals surface area contributed by atoms with Crippen molar-refractivity contribution >= 4 is 26.9 Å². The molecule has 1 atom stereocenters. The molecule has 2 N–H and O–H groups in total. The summed E-state index contributed by atoms with van der Waals surface area (Å²) < 4.78 is 32.1. The number of esters is 1. The first kappa shape index (κ1) is 18.2. The van der Waals surface area contributed by atoms with E-state index in [-0.39, 0.29) is 11.3 Å². The van der Waals surface area contributed by atoms with Crippen molar-refractivity contribution in [1.29, 1.82) is 0 Å². The maximum Gasteiger partial charge on any atom is 0.322 e. The summed E-state index contributed by atoms with van der Waals surface area (Å²) in [5.41, 5.74) is 8.06. The Labute approximate surface area is 152 Å². The van der Waals surface area contributed by atoms with Gasteiger partial charge in [0, 0.05) is 18.0 Å². The summed E-state index contributed by atoms with van der Waals surface area (Å²) in [6.07, 6.45) is 1.71. The standard InChI is InChI=1S/C19H20N2O4S/c1-13-7-9-15(10-8-13)26(23,24)21-12-14(11-17(20)19(22)25-2)16-5-3-4-6-18(16)21/h3-10,12,17H,11,20H2,1-2H3. The predicted molar refractivity (Wildman–Crippen MR) is 99.4 cm³/mol. The van der Waals surface area contributed by atoms with E-state index in [4.69, 9.17) is 5.73 Å². The van der Waals surface area contributed by atoms with Crippen LogP contribution in [0.5, 0.6) is 0 Å². The highest BCUT2D eigenvalue weighted by Gasteiger charge is 2.23. The molecule has 1 heterocycles. The number of hydrogen-bond donors (Lipinski definition) is 1. The van der Waals surface area contributed by atoms with Gasteiger partial charge in [-0.2, -0.15) is 0 Å². The molecule has 0 amide bonds. The van der Waals surface area contributed by atoms with Gasteiger partial charge >= 0.3 is 5.97 Å². The van der Waals surface area contributed by atoms with E-state index in [0.29, 0.717) is 11.1 Å². The van der Waals surface area contributed by atoms with Crippen molar-refractivity contribution in [3.63, 3.8) is 0 Å². The second-order valence-electron chi connectivity index (χ2n) is 6.12. The second kappa shape index (κ2) is 6.93. The van der Waals surface area contributed by atoms with Crippen LogP contribution in [0.25, 0.3) is 10.9 Å². The highest BCUT2D eigenvalue weighted by Crippen LogP contribution is 2.27. The Morgan fingerprint density at radius 3 is 2.46 bits per heavy atom. The number of carbonyl (C=O) groups excluding carboxylic acids is 1. The van der Waals surface area contributed by atoms with Crippen molar-refractivity contribution < 1.29 is 17.9 Å². The summed E-state index contributed by atoms with van der Waals surface area (Å²) >= 11 is 0. The molecule has 2 aromatic carbocycles. The van der Waals surface area contributed by atoms with Gasteiger partial charge in [-0.05, 0) is 30.7 Å². The van der Waals surface area contributed by atoms with E-state index in [1.54, 1.807) is 36.4 Å². The fourth-order valence-corrected chi connectivity index (χ4v) is 4.27. The van der Waals surface area contributed by atoms with E-state index >= 15 is 0 Å². The van der Waals surface area contributed by atoms with Gasteiger partial charge in [0.15, 0.2) is 0 Å². The van der Waals surface area contributed by atoms with E-state index in [0.717, 1.165) is 10.9 Å². The highest BCUT2D eigenvalue weighted by atomic mass is 32.2. The molecule has 1 unspecified atom stereocenters. The van der Waals surface area contributed by atoms with Gasteiger partial charge in [-0.15, -0.1) is 0 Å². The van der Waals surface area contributed by atoms with Crippen molar-refractivity contribution in [2.24, 2.45) is 5.73 Å². The molecule has 0 aliphatic carbocycles. The van der Waals surface area contributed by atoms with Gasteiger partial charge in [-0.25, -0.2) is 12.4 Å². The number of benzene rings is 2. The molecule has 0 spiro atoms. The van der Waals surface area contributed by atoms with E-state index < -0.39 is 22.0 Å². The highest BCUT2D eigenvalue weighted by molar-refractivity contribution is 7.90. The van der Waals surface area contributed by atoms with Gasteiger partial charge in [-0.1, -0.05) is 35.9 Å². The van der Waals surface area contributed by atoms with E-state index in [2.05, 4.69) is 4.74 Å². The Kier molecular flexibility index (Phi) is 4.84. The van der Waals surface area contributed by atoms with Crippen molar-refractivity contribution in [1.82, 2.24) is 3.97 Å². The smallest absolute Gasteiger partial charge is 0.322 e. The number of fused-ring (bicyclic) bond motifs is 1. The number of hydrogen-bond acceptors (Lipinski definition) is 5. The van der Waals surface area contributed by atoms with Crippen LogP contribution in [0.3, 0.4) is 0 Å². The van der Waals surface area contributed by atoms with Crippen molar-refractivity contribution in [3.05, 3.63) is 65.9 Å². The predicted octanol–water partition coefficient (Wildman–Crippen LogP) is 2.23. The van der Waals surface area contributed by atoms with Crippen molar-refractivity contribution in [3.8, 4) is 0 Å². The molecule has 0 fully saturated rings. The van der Waals surface area contributed by atoms with Crippen LogP contribution in [0.1, 0.15) is 11.1 Å². The number of aromatic nitrogens is 1. The number of nitrogens with zero attached hydrogens (tertiary/aromatic N) is 1. The number of para-hydroxylation sites is 1. The Balaban J connectivity index is 2.12. The van der Waals surface area contributed by atoms with Crippen LogP contribution >= 0.6 is 0 Å². The van der Waals surface area contributed by atoms with Crippen LogP contribution in [0.4, 0.5) is 0 Å². The molecule has 0 aliphatic rings. The normalized spacial score (nSPS) is 12.9. The molecule has 136 valence electrons. The number of methoxy groups -OCH3 is 1. The fraction of sp³-hybridized carbons (Fsp3) is 0.211. The fourth-order valence-electron chi connectivity index (χ4n) is 2.87. The second-order valence-corrected chi connectivity index (χ2v) is 7.93. The molecule has 0 aliphatic heterocycles. The zero-order valence-electron chi connectivity index (χ0n) is 14.5. The van der Waals surface area contributed by atoms with Crippen LogP contribution in [0.2, 0.25) is 0 Å². The summed E-state index contributed by atoms with van der Waals surface area (Å²) in [5, 5.41) is 0.738. The van der Waals surface area contributed by atoms with Crippen LogP contribution < -0.4 is 5.73 Å². The minimum Gasteiger partial charge on any atom is -0.468 e. The molecule has 3 aromatic rings. The van der Waals surface area contributed by atoms with Gasteiger partial charge in [-0.3, -0.25) is 4.79 Å². The number of aryl methyl sites for hydroxylation is 1. The maximum absolute atomic E-state index is 13.1. The first-order valence-electron chi connectivity index (χ1n) is 8.09. The summed E-state index contributed by atoms with van der Waals surface area (Å²) in [5.74, 6) is -0.539. The Morgan fingerprint density at radius 2 is 1.81 bits per heavy atom. The third kappa shape index (κ3) is 3.23. The molecular weight excluding hydrogens is 352 g/mol. The van der Waals surface area contributed by atoms with E-state index in [9.17, 15) is 13.2 Å². The zero-order chi connectivity index (χ0) is 18.9. The van der Waals surface area contributed by atoms with Crippen LogP contribution in [-0.4, -0.2) is 31.5 Å². The average Bonchev–Trinajstić information content (AvgIpc) is 3.01. The van der Waals surface area contributed by atoms with E-state index in [1.165, 1.54) is 17.3 Å². The summed E-state index contributed by atoms with van der Waals surface area (Å²) in [6, 6.07) is 13.0. The Morgan fingerprint density at radius 1 is 1.15 bits per heavy atom. The van der Waals surface area contributed by atoms with Gasteiger partial charge in [0.05, 0.1) is 17.5 Å². The van der Waals surface area contributed by atoms with Crippen molar-refractivity contribution in [2.45, 2.75) is 24.3 Å². The quantitative estimate of drug-likeness (QED) is 0.694. The summed E-state index contributed by atoms with van der Waals surface area (Å²) in [4.78, 5) is 11.8. The average molecular weight is 372 g/mol. The third-order valence-electron chi connectivity index (χ3n) is 4.28. The van der Waals surface area contributed by atoms with Gasteiger partial charge < -0.3 is 10.5 Å². The third-order valence-corrected chi connectivity index (χ3v) is 5.97. The maximum atomic E-state index is 13.1. The molecule has 0 saturated heterocycles. The lowest BCUT2D eigenvalue weighted by Crippen LogP contribution is -2.33. The van der Waals surface area contributed by atoms with E-state index in [1.807, 2.05) is 19.1 Å². The monoisotopic (exact) mass is 372 g/mol. The molecule has 6 nitrogen and oxygen atoms in total. The molecule has 26 heavy (non-hydrogen) atoms. The summed E-state index contributed by atoms with van der Waals surface area (Å²) in [6.45, 7) is 1.90. The molecule has 3 rings (SSSR count). The molecular formula is C19H20N2O4S. The number of carbonyl (C=O) groups is 1. The molecule has 0 bridgehead atoms. The van der Waals surface area contributed by atoms with Crippen LogP contribution in [-0.2, 0) is 26.0 Å². The van der Waals surface area contributed by atoms with Gasteiger partial charge in [0.25, 0.3) is 10.0 Å². The largest absolute Gasteiger partial charge is 0.468 e. The lowest BCUT2D eigenvalue weighted by Gasteiger charge is -2.08. The van der Waals surface area contributed by atoms with Crippen molar-refractivity contribution in [2.75, 3.05) is 7.11 Å². The molecule has 1 aromatic heterocycles. The Hall–Kier alpha value is -2.64. The molecule has 0 saturated carbocycles. The Bertz CT molecular complexity index is 1050. The first-order valence-corrected chi connectivity index (χ1v) is 9.53. The number of ether oxygens (including phenoxy) is 1. The molecule has 7 heteroatoms. The first-order chi connectivity index (χ1) is 12.3. The minimum atomic E-state index is -3.76. The van der Waals surface area contributed by atoms with Gasteiger partial charge in [0.1, 0.15) is 6.04 Å².